The first kappa shape index (κ1) is 14.3. The second-order valence-electron chi connectivity index (χ2n) is 5.40. The number of amides is 1. The zero-order chi connectivity index (χ0) is 14.5. The smallest absolute Gasteiger partial charge is 0.227 e. The SMILES string of the molecule is O=C(Cc1ccccc1)N1CCN(Cc2cccs2)CC1. The molecule has 0 spiro atoms. The fraction of sp³-hybridized carbons (Fsp3) is 0.353. The molecule has 2 aromatic rings. The molecule has 2 heterocycles. The van der Waals surface area contributed by atoms with Gasteiger partial charge in [0, 0.05) is 37.6 Å². The van der Waals surface area contributed by atoms with Crippen LogP contribution in [-0.4, -0.2) is 41.9 Å². The Balaban J connectivity index is 1.48. The molecule has 1 fully saturated rings. The van der Waals surface area contributed by atoms with E-state index in [4.69, 9.17) is 0 Å². The van der Waals surface area contributed by atoms with Crippen LogP contribution in [0.2, 0.25) is 0 Å². The maximum atomic E-state index is 12.3. The number of rotatable bonds is 4. The van der Waals surface area contributed by atoms with Gasteiger partial charge < -0.3 is 4.90 Å². The van der Waals surface area contributed by atoms with Crippen molar-refractivity contribution < 1.29 is 4.79 Å². The van der Waals surface area contributed by atoms with Gasteiger partial charge in [-0.25, -0.2) is 0 Å². The van der Waals surface area contributed by atoms with Gasteiger partial charge in [-0.2, -0.15) is 0 Å². The molecule has 0 bridgehead atoms. The third-order valence-electron chi connectivity index (χ3n) is 3.88. The molecule has 3 nitrogen and oxygen atoms in total. The zero-order valence-electron chi connectivity index (χ0n) is 12.1. The number of benzene rings is 1. The molecular formula is C17H20N2OS. The quantitative estimate of drug-likeness (QED) is 0.866. The van der Waals surface area contributed by atoms with Gasteiger partial charge in [-0.05, 0) is 17.0 Å². The third kappa shape index (κ3) is 3.93. The third-order valence-corrected chi connectivity index (χ3v) is 4.74. The number of piperazine rings is 1. The predicted molar refractivity (Wildman–Crippen MR) is 86.3 cm³/mol. The maximum Gasteiger partial charge on any atom is 0.227 e. The molecule has 21 heavy (non-hydrogen) atoms. The van der Waals surface area contributed by atoms with E-state index >= 15 is 0 Å². The van der Waals surface area contributed by atoms with Crippen molar-refractivity contribution in [2.24, 2.45) is 0 Å². The van der Waals surface area contributed by atoms with E-state index in [9.17, 15) is 4.79 Å². The van der Waals surface area contributed by atoms with E-state index in [0.29, 0.717) is 6.42 Å². The summed E-state index contributed by atoms with van der Waals surface area (Å²) in [5.41, 5.74) is 1.10. The highest BCUT2D eigenvalue weighted by molar-refractivity contribution is 7.09. The van der Waals surface area contributed by atoms with Crippen LogP contribution >= 0.6 is 11.3 Å². The lowest BCUT2D eigenvalue weighted by molar-refractivity contribution is -0.132. The van der Waals surface area contributed by atoms with Gasteiger partial charge in [-0.15, -0.1) is 11.3 Å². The van der Waals surface area contributed by atoms with Crippen LogP contribution in [0.4, 0.5) is 0 Å². The van der Waals surface area contributed by atoms with Crippen LogP contribution in [0.15, 0.2) is 47.8 Å². The highest BCUT2D eigenvalue weighted by Gasteiger charge is 2.21. The average Bonchev–Trinajstić information content (AvgIpc) is 3.02. The molecule has 1 aliphatic rings. The van der Waals surface area contributed by atoms with Gasteiger partial charge in [0.15, 0.2) is 0 Å². The Morgan fingerprint density at radius 2 is 1.76 bits per heavy atom. The summed E-state index contributed by atoms with van der Waals surface area (Å²) in [4.78, 5) is 18.1. The molecular weight excluding hydrogens is 280 g/mol. The van der Waals surface area contributed by atoms with E-state index in [1.165, 1.54) is 4.88 Å². The van der Waals surface area contributed by atoms with Crippen LogP contribution in [0.5, 0.6) is 0 Å². The van der Waals surface area contributed by atoms with Crippen LogP contribution in [0.1, 0.15) is 10.4 Å². The van der Waals surface area contributed by atoms with E-state index in [2.05, 4.69) is 22.4 Å². The molecule has 4 heteroatoms. The lowest BCUT2D eigenvalue weighted by Crippen LogP contribution is -2.48. The first-order valence-electron chi connectivity index (χ1n) is 7.38. The monoisotopic (exact) mass is 300 g/mol. The molecule has 110 valence electrons. The zero-order valence-corrected chi connectivity index (χ0v) is 12.9. The number of carbonyl (C=O) groups excluding carboxylic acids is 1. The van der Waals surface area contributed by atoms with Gasteiger partial charge in [0.1, 0.15) is 0 Å². The largest absolute Gasteiger partial charge is 0.340 e. The van der Waals surface area contributed by atoms with Gasteiger partial charge in [-0.1, -0.05) is 36.4 Å². The Labute approximate surface area is 129 Å². The maximum absolute atomic E-state index is 12.3. The van der Waals surface area contributed by atoms with Crippen molar-refractivity contribution in [1.82, 2.24) is 9.80 Å². The Kier molecular flexibility index (Phi) is 4.68. The van der Waals surface area contributed by atoms with Crippen molar-refractivity contribution in [3.63, 3.8) is 0 Å². The fourth-order valence-electron chi connectivity index (χ4n) is 2.66. The highest BCUT2D eigenvalue weighted by Crippen LogP contribution is 2.14. The molecule has 0 N–H and O–H groups in total. The summed E-state index contributed by atoms with van der Waals surface area (Å²) in [6.07, 6.45) is 0.520. The summed E-state index contributed by atoms with van der Waals surface area (Å²) in [5.74, 6) is 0.247. The Morgan fingerprint density at radius 1 is 1.00 bits per heavy atom. The molecule has 3 rings (SSSR count). The van der Waals surface area contributed by atoms with Gasteiger partial charge in [0.2, 0.25) is 5.91 Å². The molecule has 1 saturated heterocycles. The van der Waals surface area contributed by atoms with Gasteiger partial charge in [0.05, 0.1) is 6.42 Å². The van der Waals surface area contributed by atoms with Crippen LogP contribution in [0, 0.1) is 0 Å². The molecule has 1 amide bonds. The van der Waals surface area contributed by atoms with Crippen LogP contribution in [0.25, 0.3) is 0 Å². The van der Waals surface area contributed by atoms with Crippen molar-refractivity contribution in [1.29, 1.82) is 0 Å². The van der Waals surface area contributed by atoms with Crippen molar-refractivity contribution in [2.75, 3.05) is 26.2 Å². The van der Waals surface area contributed by atoms with Crippen molar-refractivity contribution in [2.45, 2.75) is 13.0 Å². The van der Waals surface area contributed by atoms with Crippen molar-refractivity contribution in [3.05, 3.63) is 58.3 Å². The van der Waals surface area contributed by atoms with Gasteiger partial charge in [0.25, 0.3) is 0 Å². The van der Waals surface area contributed by atoms with Crippen LogP contribution in [-0.2, 0) is 17.8 Å². The minimum Gasteiger partial charge on any atom is -0.340 e. The second kappa shape index (κ2) is 6.87. The minimum absolute atomic E-state index is 0.247. The number of hydrogen-bond acceptors (Lipinski definition) is 3. The number of hydrogen-bond donors (Lipinski definition) is 0. The summed E-state index contributed by atoms with van der Waals surface area (Å²) in [7, 11) is 0. The number of carbonyl (C=O) groups is 1. The number of thiophene rings is 1. The van der Waals surface area contributed by atoms with E-state index in [1.54, 1.807) is 11.3 Å². The Hall–Kier alpha value is -1.65. The van der Waals surface area contributed by atoms with E-state index < -0.39 is 0 Å². The van der Waals surface area contributed by atoms with Gasteiger partial charge in [-0.3, -0.25) is 9.69 Å². The molecule has 0 saturated carbocycles. The summed E-state index contributed by atoms with van der Waals surface area (Å²) >= 11 is 1.80. The average molecular weight is 300 g/mol. The standard InChI is InChI=1S/C17H20N2OS/c20-17(13-15-5-2-1-3-6-15)19-10-8-18(9-11-19)14-16-7-4-12-21-16/h1-7,12H,8-11,13-14H2. The topological polar surface area (TPSA) is 23.6 Å². The molecule has 0 unspecified atom stereocenters. The van der Waals surface area contributed by atoms with Crippen LogP contribution in [0.3, 0.4) is 0 Å². The molecule has 1 aromatic heterocycles. The Bertz CT molecular complexity index is 560. The molecule has 1 aliphatic heterocycles. The molecule has 0 radical (unpaired) electrons. The minimum atomic E-state index is 0.247. The van der Waals surface area contributed by atoms with Crippen molar-refractivity contribution in [3.8, 4) is 0 Å². The summed E-state index contributed by atoms with van der Waals surface area (Å²) in [6.45, 7) is 4.64. The lowest BCUT2D eigenvalue weighted by atomic mass is 10.1. The summed E-state index contributed by atoms with van der Waals surface area (Å²) < 4.78 is 0. The second-order valence-corrected chi connectivity index (χ2v) is 6.43. The highest BCUT2D eigenvalue weighted by atomic mass is 32.1. The van der Waals surface area contributed by atoms with E-state index in [-0.39, 0.29) is 5.91 Å². The van der Waals surface area contributed by atoms with Crippen LogP contribution < -0.4 is 0 Å². The van der Waals surface area contributed by atoms with E-state index in [0.717, 1.165) is 38.3 Å². The molecule has 0 atom stereocenters. The first-order valence-corrected chi connectivity index (χ1v) is 8.26. The first-order chi connectivity index (χ1) is 10.3. The molecule has 0 aliphatic carbocycles. The van der Waals surface area contributed by atoms with Gasteiger partial charge >= 0.3 is 0 Å². The number of nitrogens with zero attached hydrogens (tertiary/aromatic N) is 2. The predicted octanol–water partition coefficient (Wildman–Crippen LogP) is 2.64. The lowest BCUT2D eigenvalue weighted by Gasteiger charge is -2.34. The fourth-order valence-corrected chi connectivity index (χ4v) is 3.41. The molecule has 1 aromatic carbocycles. The van der Waals surface area contributed by atoms with Crippen molar-refractivity contribution >= 4 is 17.2 Å². The van der Waals surface area contributed by atoms with E-state index in [1.807, 2.05) is 35.2 Å². The normalized spacial score (nSPS) is 16.1. The summed E-state index contributed by atoms with van der Waals surface area (Å²) in [6, 6.07) is 14.3. The summed E-state index contributed by atoms with van der Waals surface area (Å²) in [5, 5.41) is 2.12. The Morgan fingerprint density at radius 3 is 2.43 bits per heavy atom.